The van der Waals surface area contributed by atoms with Gasteiger partial charge in [-0.25, -0.2) is 4.68 Å². The molecule has 0 fully saturated rings. The van der Waals surface area contributed by atoms with Gasteiger partial charge < -0.3 is 9.73 Å². The zero-order valence-electron chi connectivity index (χ0n) is 14.2. The molecular weight excluding hydrogens is 338 g/mol. The number of hydrogen-bond donors (Lipinski definition) is 1. The second-order valence-electron chi connectivity index (χ2n) is 5.74. The molecule has 2 aromatic heterocycles. The number of thioether (sulfide) groups is 1. The van der Waals surface area contributed by atoms with E-state index in [9.17, 15) is 4.79 Å². The maximum absolute atomic E-state index is 12.4. The van der Waals surface area contributed by atoms with Crippen molar-refractivity contribution < 1.29 is 9.21 Å². The van der Waals surface area contributed by atoms with Gasteiger partial charge in [-0.3, -0.25) is 4.79 Å². The fourth-order valence-corrected chi connectivity index (χ4v) is 2.90. The fraction of sp³-hybridized carbons (Fsp3) is 0.294. The molecule has 2 heterocycles. The summed E-state index contributed by atoms with van der Waals surface area (Å²) in [5, 5.41) is 15.1. The highest BCUT2D eigenvalue weighted by atomic mass is 32.2. The van der Waals surface area contributed by atoms with Gasteiger partial charge in [-0.1, -0.05) is 30.0 Å². The summed E-state index contributed by atoms with van der Waals surface area (Å²) in [6, 6.07) is 11.5. The van der Waals surface area contributed by atoms with Gasteiger partial charge in [0.25, 0.3) is 5.22 Å². The average Bonchev–Trinajstić information content (AvgIpc) is 3.25. The summed E-state index contributed by atoms with van der Waals surface area (Å²) in [5.41, 5.74) is 0.847. The Kier molecular flexibility index (Phi) is 5.18. The van der Waals surface area contributed by atoms with Gasteiger partial charge in [-0.2, -0.15) is 5.10 Å². The molecular formula is C17H19N5O2S. The monoisotopic (exact) mass is 357 g/mol. The van der Waals surface area contributed by atoms with Crippen LogP contribution in [-0.2, 0) is 4.79 Å². The van der Waals surface area contributed by atoms with E-state index < -0.39 is 0 Å². The molecule has 3 aromatic rings. The highest BCUT2D eigenvalue weighted by molar-refractivity contribution is 8.00. The molecule has 0 saturated heterocycles. The normalized spacial score (nSPS) is 12.3. The third-order valence-electron chi connectivity index (χ3n) is 3.48. The van der Waals surface area contributed by atoms with Crippen LogP contribution in [0, 0.1) is 0 Å². The molecule has 130 valence electrons. The van der Waals surface area contributed by atoms with Gasteiger partial charge in [0.1, 0.15) is 5.82 Å². The van der Waals surface area contributed by atoms with E-state index >= 15 is 0 Å². The predicted molar refractivity (Wildman–Crippen MR) is 96.3 cm³/mol. The first-order chi connectivity index (χ1) is 12.0. The SMILES string of the molecule is CC(C)n1nccc1NC(=O)[C@H](C)Sc1nnc(-c2ccccc2)o1. The minimum atomic E-state index is -0.389. The van der Waals surface area contributed by atoms with E-state index in [0.717, 1.165) is 5.56 Å². The van der Waals surface area contributed by atoms with Crippen molar-refractivity contribution >= 4 is 23.5 Å². The lowest BCUT2D eigenvalue weighted by Crippen LogP contribution is -2.24. The maximum atomic E-state index is 12.4. The number of benzene rings is 1. The van der Waals surface area contributed by atoms with Gasteiger partial charge in [-0.05, 0) is 32.9 Å². The highest BCUT2D eigenvalue weighted by Gasteiger charge is 2.20. The van der Waals surface area contributed by atoms with Gasteiger partial charge in [0.2, 0.25) is 11.8 Å². The lowest BCUT2D eigenvalue weighted by atomic mass is 10.2. The molecule has 25 heavy (non-hydrogen) atoms. The van der Waals surface area contributed by atoms with Gasteiger partial charge in [-0.15, -0.1) is 10.2 Å². The number of nitrogens with zero attached hydrogens (tertiary/aromatic N) is 4. The molecule has 8 heteroatoms. The molecule has 3 rings (SSSR count). The Morgan fingerprint density at radius 3 is 2.64 bits per heavy atom. The topological polar surface area (TPSA) is 85.8 Å². The minimum absolute atomic E-state index is 0.146. The van der Waals surface area contributed by atoms with Crippen LogP contribution in [0.1, 0.15) is 26.8 Å². The number of amides is 1. The first kappa shape index (κ1) is 17.2. The largest absolute Gasteiger partial charge is 0.411 e. The van der Waals surface area contributed by atoms with Gasteiger partial charge in [0, 0.05) is 17.7 Å². The maximum Gasteiger partial charge on any atom is 0.277 e. The van der Waals surface area contributed by atoms with Crippen LogP contribution in [0.25, 0.3) is 11.5 Å². The Bertz CT molecular complexity index is 844. The molecule has 1 aromatic carbocycles. The van der Waals surface area contributed by atoms with Crippen LogP contribution in [0.4, 0.5) is 5.82 Å². The van der Waals surface area contributed by atoms with Crippen LogP contribution in [0.15, 0.2) is 52.2 Å². The summed E-state index contributed by atoms with van der Waals surface area (Å²) in [4.78, 5) is 12.4. The summed E-state index contributed by atoms with van der Waals surface area (Å²) < 4.78 is 7.39. The Labute approximate surface area is 149 Å². The van der Waals surface area contributed by atoms with Crippen LogP contribution in [-0.4, -0.2) is 31.1 Å². The number of anilines is 1. The van der Waals surface area contributed by atoms with Crippen LogP contribution in [0.5, 0.6) is 0 Å². The van der Waals surface area contributed by atoms with Crippen molar-refractivity contribution in [2.75, 3.05) is 5.32 Å². The van der Waals surface area contributed by atoms with Crippen molar-refractivity contribution in [2.45, 2.75) is 37.3 Å². The molecule has 0 radical (unpaired) electrons. The third-order valence-corrected chi connectivity index (χ3v) is 4.42. The van der Waals surface area contributed by atoms with E-state index in [1.165, 1.54) is 11.8 Å². The molecule has 0 aliphatic rings. The number of carbonyl (C=O) groups excluding carboxylic acids is 1. The zero-order valence-corrected chi connectivity index (χ0v) is 15.0. The Morgan fingerprint density at radius 2 is 1.92 bits per heavy atom. The molecule has 0 spiro atoms. The molecule has 0 unspecified atom stereocenters. The lowest BCUT2D eigenvalue weighted by molar-refractivity contribution is -0.115. The van der Waals surface area contributed by atoms with E-state index in [1.54, 1.807) is 23.9 Å². The van der Waals surface area contributed by atoms with E-state index in [0.29, 0.717) is 16.9 Å². The van der Waals surface area contributed by atoms with Gasteiger partial charge in [0.15, 0.2) is 0 Å². The molecule has 0 aliphatic carbocycles. The second-order valence-corrected chi connectivity index (χ2v) is 7.04. The van der Waals surface area contributed by atoms with Crippen molar-refractivity contribution in [1.29, 1.82) is 0 Å². The Morgan fingerprint density at radius 1 is 1.16 bits per heavy atom. The van der Waals surface area contributed by atoms with Crippen LogP contribution < -0.4 is 5.32 Å². The van der Waals surface area contributed by atoms with Gasteiger partial charge >= 0.3 is 0 Å². The summed E-state index contributed by atoms with van der Waals surface area (Å²) in [5.74, 6) is 0.961. The minimum Gasteiger partial charge on any atom is -0.411 e. The summed E-state index contributed by atoms with van der Waals surface area (Å²) in [6.45, 7) is 5.80. The average molecular weight is 357 g/mol. The lowest BCUT2D eigenvalue weighted by Gasteiger charge is -2.13. The van der Waals surface area contributed by atoms with Crippen LogP contribution in [0.3, 0.4) is 0 Å². The molecule has 7 nitrogen and oxygen atoms in total. The molecule has 1 amide bonds. The van der Waals surface area contributed by atoms with Crippen molar-refractivity contribution in [3.63, 3.8) is 0 Å². The number of aromatic nitrogens is 4. The zero-order chi connectivity index (χ0) is 17.8. The summed E-state index contributed by atoms with van der Waals surface area (Å²) in [7, 11) is 0. The quantitative estimate of drug-likeness (QED) is 0.678. The van der Waals surface area contributed by atoms with Gasteiger partial charge in [0.05, 0.1) is 11.4 Å². The Balaban J connectivity index is 1.64. The first-order valence-electron chi connectivity index (χ1n) is 7.94. The standard InChI is InChI=1S/C17H19N5O2S/c1-11(2)22-14(9-10-18-22)19-15(23)12(3)25-17-21-20-16(24-17)13-7-5-4-6-8-13/h4-12H,1-3H3,(H,19,23)/t12-/m0/s1. The number of hydrogen-bond acceptors (Lipinski definition) is 6. The van der Waals surface area contributed by atoms with E-state index in [1.807, 2.05) is 44.2 Å². The fourth-order valence-electron chi connectivity index (χ4n) is 2.21. The highest BCUT2D eigenvalue weighted by Crippen LogP contribution is 2.26. The number of carbonyl (C=O) groups is 1. The first-order valence-corrected chi connectivity index (χ1v) is 8.82. The predicted octanol–water partition coefficient (Wildman–Crippen LogP) is 3.63. The van der Waals surface area contributed by atoms with Crippen LogP contribution in [0.2, 0.25) is 0 Å². The van der Waals surface area contributed by atoms with Crippen molar-refractivity contribution in [2.24, 2.45) is 0 Å². The van der Waals surface area contributed by atoms with Crippen molar-refractivity contribution in [1.82, 2.24) is 20.0 Å². The molecule has 0 saturated carbocycles. The summed E-state index contributed by atoms with van der Waals surface area (Å²) >= 11 is 1.22. The van der Waals surface area contributed by atoms with Crippen molar-refractivity contribution in [3.8, 4) is 11.5 Å². The van der Waals surface area contributed by atoms with E-state index in [4.69, 9.17) is 4.42 Å². The van der Waals surface area contributed by atoms with Crippen molar-refractivity contribution in [3.05, 3.63) is 42.6 Å². The smallest absolute Gasteiger partial charge is 0.277 e. The molecule has 0 aliphatic heterocycles. The summed E-state index contributed by atoms with van der Waals surface area (Å²) in [6.07, 6.45) is 1.66. The molecule has 1 atom stereocenters. The molecule has 1 N–H and O–H groups in total. The second kappa shape index (κ2) is 7.52. The van der Waals surface area contributed by atoms with E-state index in [2.05, 4.69) is 20.6 Å². The molecule has 0 bridgehead atoms. The Hall–Kier alpha value is -2.61. The van der Waals surface area contributed by atoms with Crippen LogP contribution >= 0.6 is 11.8 Å². The third kappa shape index (κ3) is 4.08. The number of nitrogens with one attached hydrogen (secondary N) is 1. The van der Waals surface area contributed by atoms with E-state index in [-0.39, 0.29) is 17.2 Å². The number of rotatable bonds is 6.